The van der Waals surface area contributed by atoms with Crippen LogP contribution in [0.2, 0.25) is 0 Å². The quantitative estimate of drug-likeness (QED) is 0.873. The fraction of sp³-hybridized carbons (Fsp3) is 0.267. The number of anilines is 1. The van der Waals surface area contributed by atoms with Gasteiger partial charge in [-0.05, 0) is 36.6 Å². The number of rotatable bonds is 1. The number of fused-ring (bicyclic) bond motifs is 1. The van der Waals surface area contributed by atoms with Crippen LogP contribution in [0, 0.1) is 0 Å². The average molecular weight is 294 g/mol. The van der Waals surface area contributed by atoms with Gasteiger partial charge in [0.1, 0.15) is 11.6 Å². The molecule has 0 saturated carbocycles. The van der Waals surface area contributed by atoms with Crippen LogP contribution in [-0.4, -0.2) is 11.6 Å². The maximum atomic E-state index is 12.9. The normalized spacial score (nSPS) is 14.4. The number of pyridine rings is 1. The smallest absolute Gasteiger partial charge is 0.416 e. The van der Waals surface area contributed by atoms with Gasteiger partial charge in [0.05, 0.1) is 17.9 Å². The number of nitrogens with zero attached hydrogens (tertiary/aromatic N) is 1. The minimum Gasteiger partial charge on any atom is -0.493 e. The summed E-state index contributed by atoms with van der Waals surface area (Å²) in [6.07, 6.45) is -2.71. The first-order valence-electron chi connectivity index (χ1n) is 6.55. The number of hydrogen-bond donors (Lipinski definition) is 1. The van der Waals surface area contributed by atoms with E-state index in [0.717, 1.165) is 30.5 Å². The van der Waals surface area contributed by atoms with Crippen LogP contribution in [0.3, 0.4) is 0 Å². The predicted octanol–water partition coefficient (Wildman–Crippen LogP) is 3.67. The Morgan fingerprint density at radius 2 is 2.00 bits per heavy atom. The molecule has 0 aliphatic carbocycles. The minimum absolute atomic E-state index is 0.159. The van der Waals surface area contributed by atoms with E-state index in [1.54, 1.807) is 12.1 Å². The van der Waals surface area contributed by atoms with Gasteiger partial charge in [-0.3, -0.25) is 0 Å². The number of aryl methyl sites for hydroxylation is 1. The van der Waals surface area contributed by atoms with Crippen molar-refractivity contribution in [3.05, 3.63) is 41.5 Å². The van der Waals surface area contributed by atoms with Gasteiger partial charge in [0.25, 0.3) is 0 Å². The number of nitrogens with two attached hydrogens (primary N) is 1. The second-order valence-corrected chi connectivity index (χ2v) is 4.91. The summed E-state index contributed by atoms with van der Waals surface area (Å²) in [5, 5.41) is 0. The molecule has 3 nitrogen and oxygen atoms in total. The lowest BCUT2D eigenvalue weighted by molar-refractivity contribution is -0.137. The maximum Gasteiger partial charge on any atom is 0.416 e. The highest BCUT2D eigenvalue weighted by atomic mass is 19.4. The third-order valence-electron chi connectivity index (χ3n) is 3.38. The third kappa shape index (κ3) is 2.66. The van der Waals surface area contributed by atoms with Gasteiger partial charge < -0.3 is 10.5 Å². The summed E-state index contributed by atoms with van der Waals surface area (Å²) >= 11 is 0. The number of aromatic nitrogens is 1. The highest BCUT2D eigenvalue weighted by Gasteiger charge is 2.32. The first kappa shape index (κ1) is 13.7. The average Bonchev–Trinajstić information content (AvgIpc) is 2.45. The molecule has 1 aliphatic rings. The van der Waals surface area contributed by atoms with Crippen molar-refractivity contribution in [1.29, 1.82) is 0 Å². The number of ether oxygens (including phenoxy) is 1. The van der Waals surface area contributed by atoms with Crippen LogP contribution >= 0.6 is 0 Å². The summed E-state index contributed by atoms with van der Waals surface area (Å²) in [4.78, 5) is 4.02. The van der Waals surface area contributed by atoms with E-state index >= 15 is 0 Å². The fourth-order valence-electron chi connectivity index (χ4n) is 2.44. The van der Waals surface area contributed by atoms with Crippen LogP contribution in [0.25, 0.3) is 11.3 Å². The van der Waals surface area contributed by atoms with E-state index in [4.69, 9.17) is 10.5 Å². The third-order valence-corrected chi connectivity index (χ3v) is 3.38. The lowest BCUT2D eigenvalue weighted by Crippen LogP contribution is -2.11. The Balaban J connectivity index is 2.15. The number of nitrogen functional groups attached to an aromatic ring is 1. The molecule has 2 aromatic rings. The summed E-state index contributed by atoms with van der Waals surface area (Å²) in [6, 6.07) is 7.24. The first-order valence-corrected chi connectivity index (χ1v) is 6.55. The molecular weight excluding hydrogens is 281 g/mol. The zero-order valence-corrected chi connectivity index (χ0v) is 11.1. The molecule has 0 amide bonds. The molecule has 0 radical (unpaired) electrons. The molecule has 1 aromatic heterocycles. The highest BCUT2D eigenvalue weighted by Crippen LogP contribution is 2.38. The molecule has 0 spiro atoms. The Morgan fingerprint density at radius 1 is 1.19 bits per heavy atom. The monoisotopic (exact) mass is 294 g/mol. The van der Waals surface area contributed by atoms with Crippen LogP contribution < -0.4 is 10.5 Å². The highest BCUT2D eigenvalue weighted by molar-refractivity contribution is 5.71. The topological polar surface area (TPSA) is 48.1 Å². The van der Waals surface area contributed by atoms with Crippen molar-refractivity contribution in [2.75, 3.05) is 12.3 Å². The number of halogens is 3. The molecule has 0 fully saturated rings. The Kier molecular flexibility index (Phi) is 3.23. The van der Waals surface area contributed by atoms with Crippen molar-refractivity contribution in [1.82, 2.24) is 4.98 Å². The molecule has 0 unspecified atom stereocenters. The zero-order valence-electron chi connectivity index (χ0n) is 11.1. The number of hydrogen-bond acceptors (Lipinski definition) is 3. The summed E-state index contributed by atoms with van der Waals surface area (Å²) in [7, 11) is 0. The van der Waals surface area contributed by atoms with E-state index in [9.17, 15) is 13.2 Å². The number of benzene rings is 1. The summed E-state index contributed by atoms with van der Waals surface area (Å²) in [5.74, 6) is 0.447. The lowest BCUT2D eigenvalue weighted by Gasteiger charge is -2.20. The summed E-state index contributed by atoms with van der Waals surface area (Å²) in [5.41, 5.74) is 6.42. The molecular formula is C15H13F3N2O. The molecule has 1 aromatic carbocycles. The number of para-hydroxylation sites is 1. The van der Waals surface area contributed by atoms with E-state index in [1.807, 2.05) is 6.07 Å². The van der Waals surface area contributed by atoms with Crippen molar-refractivity contribution in [3.63, 3.8) is 0 Å². The molecule has 2 heterocycles. The van der Waals surface area contributed by atoms with Crippen LogP contribution in [0.1, 0.15) is 17.5 Å². The van der Waals surface area contributed by atoms with Crippen LogP contribution in [0.4, 0.5) is 19.0 Å². The van der Waals surface area contributed by atoms with Gasteiger partial charge in [0, 0.05) is 5.56 Å². The molecule has 0 bridgehead atoms. The number of alkyl halides is 3. The standard InChI is InChI=1S/C15H13F3N2O/c16-15(17,18)10-7-12(20-13(19)8-10)11-5-1-3-9-4-2-6-21-14(9)11/h1,3,5,7-8H,2,4,6H2,(H2,19,20). The molecule has 1 aliphatic heterocycles. The van der Waals surface area contributed by atoms with Gasteiger partial charge >= 0.3 is 6.18 Å². The largest absolute Gasteiger partial charge is 0.493 e. The molecule has 3 rings (SSSR count). The first-order chi connectivity index (χ1) is 9.95. The predicted molar refractivity (Wildman–Crippen MR) is 72.9 cm³/mol. The van der Waals surface area contributed by atoms with Crippen molar-refractivity contribution in [2.45, 2.75) is 19.0 Å². The van der Waals surface area contributed by atoms with Gasteiger partial charge in [-0.15, -0.1) is 0 Å². The van der Waals surface area contributed by atoms with E-state index < -0.39 is 11.7 Å². The van der Waals surface area contributed by atoms with Crippen molar-refractivity contribution >= 4 is 5.82 Å². The van der Waals surface area contributed by atoms with Crippen LogP contribution in [0.15, 0.2) is 30.3 Å². The Bertz CT molecular complexity index is 683. The van der Waals surface area contributed by atoms with E-state index in [0.29, 0.717) is 17.9 Å². The zero-order chi connectivity index (χ0) is 15.0. The van der Waals surface area contributed by atoms with E-state index in [1.165, 1.54) is 0 Å². The van der Waals surface area contributed by atoms with Crippen LogP contribution in [-0.2, 0) is 12.6 Å². The van der Waals surface area contributed by atoms with Crippen LogP contribution in [0.5, 0.6) is 5.75 Å². The van der Waals surface area contributed by atoms with Crippen molar-refractivity contribution in [2.24, 2.45) is 0 Å². The Labute approximate surface area is 119 Å². The van der Waals surface area contributed by atoms with Gasteiger partial charge in [0.2, 0.25) is 0 Å². The minimum atomic E-state index is -4.46. The lowest BCUT2D eigenvalue weighted by atomic mass is 9.99. The van der Waals surface area contributed by atoms with Crippen molar-refractivity contribution in [3.8, 4) is 17.0 Å². The molecule has 110 valence electrons. The van der Waals surface area contributed by atoms with Crippen molar-refractivity contribution < 1.29 is 17.9 Å². The molecule has 6 heteroatoms. The van der Waals surface area contributed by atoms with E-state index in [2.05, 4.69) is 4.98 Å². The van der Waals surface area contributed by atoms with Gasteiger partial charge in [-0.2, -0.15) is 13.2 Å². The maximum absolute atomic E-state index is 12.9. The van der Waals surface area contributed by atoms with Gasteiger partial charge in [-0.25, -0.2) is 4.98 Å². The van der Waals surface area contributed by atoms with Gasteiger partial charge in [0.15, 0.2) is 0 Å². The van der Waals surface area contributed by atoms with E-state index in [-0.39, 0.29) is 11.5 Å². The second kappa shape index (κ2) is 4.95. The summed E-state index contributed by atoms with van der Waals surface area (Å²) in [6.45, 7) is 0.554. The Hall–Kier alpha value is -2.24. The molecule has 0 saturated heterocycles. The van der Waals surface area contributed by atoms with Gasteiger partial charge in [-0.1, -0.05) is 12.1 Å². The fourth-order valence-corrected chi connectivity index (χ4v) is 2.44. The summed E-state index contributed by atoms with van der Waals surface area (Å²) < 4.78 is 44.3. The molecule has 21 heavy (non-hydrogen) atoms. The molecule has 0 atom stereocenters. The molecule has 2 N–H and O–H groups in total. The SMILES string of the molecule is Nc1cc(C(F)(F)F)cc(-c2cccc3c2OCCC3)n1. The Morgan fingerprint density at radius 3 is 2.76 bits per heavy atom. The second-order valence-electron chi connectivity index (χ2n) is 4.91.